The van der Waals surface area contributed by atoms with Gasteiger partial charge in [-0.05, 0) is 6.07 Å². The predicted molar refractivity (Wildman–Crippen MR) is 57.7 cm³/mol. The fourth-order valence-electron chi connectivity index (χ4n) is 1.95. The van der Waals surface area contributed by atoms with Crippen molar-refractivity contribution < 1.29 is 9.53 Å². The first-order chi connectivity index (χ1) is 7.20. The normalized spacial score (nSPS) is 18.9. The monoisotopic (exact) mass is 205 g/mol. The van der Waals surface area contributed by atoms with Gasteiger partial charge in [-0.1, -0.05) is 18.2 Å². The van der Waals surface area contributed by atoms with Crippen molar-refractivity contribution in [1.29, 1.82) is 0 Å². The maximum atomic E-state index is 11.3. The van der Waals surface area contributed by atoms with Gasteiger partial charge in [-0.15, -0.1) is 0 Å². The van der Waals surface area contributed by atoms with Crippen LogP contribution in [0.4, 0.5) is 0 Å². The quantitative estimate of drug-likeness (QED) is 0.701. The summed E-state index contributed by atoms with van der Waals surface area (Å²) in [6.07, 6.45) is 0.868. The SMILES string of the molecule is CC(=O)N(C)C1CCOc2ccccc21. The van der Waals surface area contributed by atoms with E-state index in [1.807, 2.05) is 31.3 Å². The first-order valence-electron chi connectivity index (χ1n) is 5.15. The fraction of sp³-hybridized carbons (Fsp3) is 0.417. The Balaban J connectivity index is 2.33. The molecule has 0 radical (unpaired) electrons. The highest BCUT2D eigenvalue weighted by atomic mass is 16.5. The topological polar surface area (TPSA) is 29.5 Å². The van der Waals surface area contributed by atoms with Crippen molar-refractivity contribution in [2.45, 2.75) is 19.4 Å². The van der Waals surface area contributed by atoms with Gasteiger partial charge in [-0.2, -0.15) is 0 Å². The van der Waals surface area contributed by atoms with Crippen molar-refractivity contribution in [3.8, 4) is 5.75 Å². The standard InChI is InChI=1S/C12H15NO2/c1-9(14)13(2)11-7-8-15-12-6-4-3-5-10(11)12/h3-6,11H,7-8H2,1-2H3. The van der Waals surface area contributed by atoms with Crippen molar-refractivity contribution in [1.82, 2.24) is 4.90 Å². The Hall–Kier alpha value is -1.51. The molecule has 3 nitrogen and oxygen atoms in total. The van der Waals surface area contributed by atoms with Gasteiger partial charge in [0.05, 0.1) is 12.6 Å². The number of fused-ring (bicyclic) bond motifs is 1. The van der Waals surface area contributed by atoms with Gasteiger partial charge in [0.15, 0.2) is 0 Å². The van der Waals surface area contributed by atoms with Crippen LogP contribution in [0.15, 0.2) is 24.3 Å². The molecule has 0 aliphatic carbocycles. The molecule has 3 heteroatoms. The van der Waals surface area contributed by atoms with Gasteiger partial charge in [0.2, 0.25) is 5.91 Å². The molecule has 1 heterocycles. The third-order valence-electron chi connectivity index (χ3n) is 2.89. The summed E-state index contributed by atoms with van der Waals surface area (Å²) in [5.41, 5.74) is 1.11. The van der Waals surface area contributed by atoms with E-state index in [1.165, 1.54) is 0 Å². The third-order valence-corrected chi connectivity index (χ3v) is 2.89. The lowest BCUT2D eigenvalue weighted by Crippen LogP contribution is -2.32. The summed E-state index contributed by atoms with van der Waals surface area (Å²) in [4.78, 5) is 13.1. The van der Waals surface area contributed by atoms with E-state index in [9.17, 15) is 4.79 Å². The molecule has 1 amide bonds. The highest BCUT2D eigenvalue weighted by Crippen LogP contribution is 2.34. The van der Waals surface area contributed by atoms with Crippen LogP contribution in [0.1, 0.15) is 24.9 Å². The summed E-state index contributed by atoms with van der Waals surface area (Å²) in [7, 11) is 1.84. The average molecular weight is 205 g/mol. The summed E-state index contributed by atoms with van der Waals surface area (Å²) in [5.74, 6) is 0.999. The maximum absolute atomic E-state index is 11.3. The molecule has 0 aromatic heterocycles. The summed E-state index contributed by atoms with van der Waals surface area (Å²) in [6, 6.07) is 8.07. The number of para-hydroxylation sites is 1. The smallest absolute Gasteiger partial charge is 0.219 e. The second-order valence-electron chi connectivity index (χ2n) is 3.82. The Labute approximate surface area is 89.7 Å². The van der Waals surface area contributed by atoms with Crippen LogP contribution in [0.25, 0.3) is 0 Å². The van der Waals surface area contributed by atoms with Gasteiger partial charge in [0.1, 0.15) is 5.75 Å². The molecule has 1 aliphatic heterocycles. The molecule has 2 rings (SSSR count). The van der Waals surface area contributed by atoms with Crippen molar-refractivity contribution >= 4 is 5.91 Å². The summed E-state index contributed by atoms with van der Waals surface area (Å²) < 4.78 is 5.55. The molecule has 1 unspecified atom stereocenters. The number of benzene rings is 1. The number of amides is 1. The van der Waals surface area contributed by atoms with E-state index < -0.39 is 0 Å². The third kappa shape index (κ3) is 1.82. The Morgan fingerprint density at radius 2 is 2.20 bits per heavy atom. The van der Waals surface area contributed by atoms with E-state index in [2.05, 4.69) is 0 Å². The Morgan fingerprint density at radius 3 is 2.93 bits per heavy atom. The van der Waals surface area contributed by atoms with Crippen LogP contribution < -0.4 is 4.74 Å². The second-order valence-corrected chi connectivity index (χ2v) is 3.82. The van der Waals surface area contributed by atoms with Crippen LogP contribution in [0, 0.1) is 0 Å². The first kappa shape index (κ1) is 10.0. The molecule has 0 saturated heterocycles. The molecular weight excluding hydrogens is 190 g/mol. The lowest BCUT2D eigenvalue weighted by atomic mass is 9.99. The highest BCUT2D eigenvalue weighted by Gasteiger charge is 2.25. The number of carbonyl (C=O) groups excluding carboxylic acids is 1. The lowest BCUT2D eigenvalue weighted by Gasteiger charge is -2.32. The lowest BCUT2D eigenvalue weighted by molar-refractivity contribution is -0.130. The number of ether oxygens (including phenoxy) is 1. The van der Waals surface area contributed by atoms with Crippen LogP contribution >= 0.6 is 0 Å². The predicted octanol–water partition coefficient (Wildman–Crippen LogP) is 1.99. The number of hydrogen-bond acceptors (Lipinski definition) is 2. The Kier molecular flexibility index (Phi) is 2.62. The fourth-order valence-corrected chi connectivity index (χ4v) is 1.95. The van der Waals surface area contributed by atoms with E-state index in [-0.39, 0.29) is 11.9 Å². The van der Waals surface area contributed by atoms with Gasteiger partial charge >= 0.3 is 0 Å². The Bertz CT molecular complexity index is 376. The molecule has 15 heavy (non-hydrogen) atoms. The molecule has 80 valence electrons. The van der Waals surface area contributed by atoms with E-state index >= 15 is 0 Å². The minimum Gasteiger partial charge on any atom is -0.493 e. The van der Waals surface area contributed by atoms with Crippen LogP contribution in [0.3, 0.4) is 0 Å². The van der Waals surface area contributed by atoms with E-state index in [0.29, 0.717) is 6.61 Å². The summed E-state index contributed by atoms with van der Waals surface area (Å²) >= 11 is 0. The van der Waals surface area contributed by atoms with Crippen molar-refractivity contribution in [2.24, 2.45) is 0 Å². The Morgan fingerprint density at radius 1 is 1.47 bits per heavy atom. The van der Waals surface area contributed by atoms with Crippen LogP contribution in [0.5, 0.6) is 5.75 Å². The summed E-state index contributed by atoms with van der Waals surface area (Å²) in [5, 5.41) is 0. The molecule has 0 N–H and O–H groups in total. The zero-order valence-corrected chi connectivity index (χ0v) is 9.06. The minimum absolute atomic E-state index is 0.0942. The number of nitrogens with zero attached hydrogens (tertiary/aromatic N) is 1. The molecule has 1 aromatic carbocycles. The van der Waals surface area contributed by atoms with E-state index in [1.54, 1.807) is 11.8 Å². The van der Waals surface area contributed by atoms with Crippen LogP contribution in [-0.2, 0) is 4.79 Å². The molecule has 0 saturated carbocycles. The largest absolute Gasteiger partial charge is 0.493 e. The van der Waals surface area contributed by atoms with E-state index in [0.717, 1.165) is 17.7 Å². The van der Waals surface area contributed by atoms with Gasteiger partial charge in [-0.25, -0.2) is 0 Å². The number of carbonyl (C=O) groups is 1. The van der Waals surface area contributed by atoms with Crippen molar-refractivity contribution in [3.05, 3.63) is 29.8 Å². The summed E-state index contributed by atoms with van der Waals surface area (Å²) in [6.45, 7) is 2.28. The van der Waals surface area contributed by atoms with Crippen molar-refractivity contribution in [2.75, 3.05) is 13.7 Å². The molecule has 1 aromatic rings. The van der Waals surface area contributed by atoms with Gasteiger partial charge in [-0.3, -0.25) is 4.79 Å². The molecule has 0 fully saturated rings. The maximum Gasteiger partial charge on any atom is 0.219 e. The number of hydrogen-bond donors (Lipinski definition) is 0. The molecule has 0 spiro atoms. The molecule has 1 aliphatic rings. The zero-order chi connectivity index (χ0) is 10.8. The average Bonchev–Trinajstić information content (AvgIpc) is 2.27. The van der Waals surface area contributed by atoms with E-state index in [4.69, 9.17) is 4.74 Å². The highest BCUT2D eigenvalue weighted by molar-refractivity contribution is 5.73. The van der Waals surface area contributed by atoms with Crippen LogP contribution in [-0.4, -0.2) is 24.5 Å². The number of rotatable bonds is 1. The first-order valence-corrected chi connectivity index (χ1v) is 5.15. The van der Waals surface area contributed by atoms with Gasteiger partial charge in [0, 0.05) is 26.0 Å². The van der Waals surface area contributed by atoms with Gasteiger partial charge < -0.3 is 9.64 Å². The molecule has 0 bridgehead atoms. The zero-order valence-electron chi connectivity index (χ0n) is 9.06. The van der Waals surface area contributed by atoms with Gasteiger partial charge in [0.25, 0.3) is 0 Å². The van der Waals surface area contributed by atoms with Crippen LogP contribution in [0.2, 0.25) is 0 Å². The molecular formula is C12H15NO2. The van der Waals surface area contributed by atoms with Crippen molar-refractivity contribution in [3.63, 3.8) is 0 Å². The second kappa shape index (κ2) is 3.93. The minimum atomic E-state index is 0.0942. The molecule has 1 atom stereocenters.